The first-order chi connectivity index (χ1) is 18.5. The predicted molar refractivity (Wildman–Crippen MR) is 139 cm³/mol. The number of benzene rings is 4. The van der Waals surface area contributed by atoms with Gasteiger partial charge in [-0.25, -0.2) is 4.39 Å². The van der Waals surface area contributed by atoms with Gasteiger partial charge in [-0.3, -0.25) is 9.59 Å². The molecular formula is C30H24FN3O4. The molecule has 2 aliphatic rings. The highest BCUT2D eigenvalue weighted by molar-refractivity contribution is 5.99. The molecule has 190 valence electrons. The van der Waals surface area contributed by atoms with Crippen LogP contribution in [0.25, 0.3) is 0 Å². The first-order valence-electron chi connectivity index (χ1n) is 12.2. The Kier molecular flexibility index (Phi) is 6.13. The van der Waals surface area contributed by atoms with Gasteiger partial charge in [0.05, 0.1) is 0 Å². The number of amides is 2. The first-order valence-corrected chi connectivity index (χ1v) is 12.2. The molecule has 4 aromatic rings. The molecule has 2 amide bonds. The fourth-order valence-corrected chi connectivity index (χ4v) is 4.73. The maximum Gasteiger partial charge on any atom is 0.256 e. The van der Waals surface area contributed by atoms with Gasteiger partial charge < -0.3 is 25.0 Å². The van der Waals surface area contributed by atoms with Gasteiger partial charge in [0.25, 0.3) is 11.8 Å². The normalized spacial score (nSPS) is 15.3. The second-order valence-corrected chi connectivity index (χ2v) is 9.14. The Labute approximate surface area is 218 Å². The number of hydrogen-bond acceptors (Lipinski definition) is 5. The van der Waals surface area contributed by atoms with E-state index in [2.05, 4.69) is 10.6 Å². The number of ether oxygens (including phenoxy) is 2. The fourth-order valence-electron chi connectivity index (χ4n) is 4.73. The molecule has 4 aromatic carbocycles. The summed E-state index contributed by atoms with van der Waals surface area (Å²) < 4.78 is 24.5. The van der Waals surface area contributed by atoms with Crippen LogP contribution in [-0.4, -0.2) is 23.5 Å². The summed E-state index contributed by atoms with van der Waals surface area (Å²) in [6, 6.07) is 26.3. The molecule has 0 bridgehead atoms. The van der Waals surface area contributed by atoms with Crippen LogP contribution >= 0.6 is 0 Å². The Hall–Kier alpha value is -4.85. The number of hydrogen-bond donors (Lipinski definition) is 2. The summed E-state index contributed by atoms with van der Waals surface area (Å²) in [5, 5.41) is 6.33. The van der Waals surface area contributed by atoms with E-state index < -0.39 is 6.17 Å². The number of nitrogens with one attached hydrogen (secondary N) is 2. The van der Waals surface area contributed by atoms with Crippen LogP contribution in [0.3, 0.4) is 0 Å². The van der Waals surface area contributed by atoms with E-state index in [1.54, 1.807) is 47.4 Å². The second-order valence-electron chi connectivity index (χ2n) is 9.14. The Morgan fingerprint density at radius 1 is 0.895 bits per heavy atom. The van der Waals surface area contributed by atoms with Gasteiger partial charge in [-0.15, -0.1) is 0 Å². The van der Waals surface area contributed by atoms with Gasteiger partial charge in [-0.05, 0) is 65.7 Å². The highest BCUT2D eigenvalue weighted by Crippen LogP contribution is 2.36. The molecule has 0 radical (unpaired) electrons. The van der Waals surface area contributed by atoms with Crippen molar-refractivity contribution in [1.82, 2.24) is 10.2 Å². The van der Waals surface area contributed by atoms with Crippen molar-refractivity contribution < 1.29 is 23.5 Å². The molecule has 2 aliphatic heterocycles. The molecule has 8 heteroatoms. The number of rotatable bonds is 7. The van der Waals surface area contributed by atoms with E-state index >= 15 is 0 Å². The van der Waals surface area contributed by atoms with E-state index in [0.717, 1.165) is 16.8 Å². The van der Waals surface area contributed by atoms with Crippen LogP contribution in [0.1, 0.15) is 43.6 Å². The molecule has 2 N–H and O–H groups in total. The fraction of sp³-hybridized carbons (Fsp3) is 0.133. The van der Waals surface area contributed by atoms with E-state index in [-0.39, 0.29) is 31.0 Å². The Morgan fingerprint density at radius 3 is 2.55 bits per heavy atom. The van der Waals surface area contributed by atoms with Gasteiger partial charge in [0.1, 0.15) is 12.0 Å². The molecule has 38 heavy (non-hydrogen) atoms. The Morgan fingerprint density at radius 2 is 1.71 bits per heavy atom. The van der Waals surface area contributed by atoms with Crippen LogP contribution in [0.4, 0.5) is 10.1 Å². The van der Waals surface area contributed by atoms with Crippen LogP contribution in [0, 0.1) is 5.82 Å². The van der Waals surface area contributed by atoms with Crippen molar-refractivity contribution in [3.05, 3.63) is 125 Å². The van der Waals surface area contributed by atoms with Crippen molar-refractivity contribution in [2.24, 2.45) is 0 Å². The van der Waals surface area contributed by atoms with E-state index in [1.165, 1.54) is 12.1 Å². The molecule has 0 saturated heterocycles. The minimum Gasteiger partial charge on any atom is -0.454 e. The van der Waals surface area contributed by atoms with Gasteiger partial charge >= 0.3 is 0 Å². The Balaban J connectivity index is 1.15. The van der Waals surface area contributed by atoms with Gasteiger partial charge in [0.15, 0.2) is 11.5 Å². The summed E-state index contributed by atoms with van der Waals surface area (Å²) in [5.41, 5.74) is 4.32. The summed E-state index contributed by atoms with van der Waals surface area (Å²) in [6.07, 6.45) is -0.437. The number of nitrogens with zero attached hydrogens (tertiary/aromatic N) is 1. The van der Waals surface area contributed by atoms with E-state index in [1.807, 2.05) is 36.4 Å². The number of carbonyl (C=O) groups is 2. The maximum atomic E-state index is 13.8. The molecule has 1 atom stereocenters. The minimum atomic E-state index is -0.437. The third-order valence-corrected chi connectivity index (χ3v) is 6.64. The number of anilines is 1. The van der Waals surface area contributed by atoms with Crippen molar-refractivity contribution in [2.45, 2.75) is 19.3 Å². The number of fused-ring (bicyclic) bond motifs is 2. The molecular weight excluding hydrogens is 485 g/mol. The lowest BCUT2D eigenvalue weighted by Crippen LogP contribution is -2.32. The highest BCUT2D eigenvalue weighted by atomic mass is 19.1. The molecule has 2 heterocycles. The molecule has 6 rings (SSSR count). The van der Waals surface area contributed by atoms with Crippen LogP contribution in [-0.2, 0) is 13.1 Å². The maximum absolute atomic E-state index is 13.8. The molecule has 0 fully saturated rings. The van der Waals surface area contributed by atoms with Crippen LogP contribution in [0.5, 0.6) is 11.5 Å². The summed E-state index contributed by atoms with van der Waals surface area (Å²) in [7, 11) is 0. The van der Waals surface area contributed by atoms with Crippen molar-refractivity contribution in [3.63, 3.8) is 0 Å². The lowest BCUT2D eigenvalue weighted by Gasteiger charge is -2.27. The SMILES string of the molecule is O=C(NCc1ccc2c(c1)OCO2)c1ccc(N[C@H]2c3ccccc3C(=O)N2Cc2cccc(F)c2)cc1. The lowest BCUT2D eigenvalue weighted by molar-refractivity contribution is 0.0728. The Bertz CT molecular complexity index is 1520. The zero-order valence-corrected chi connectivity index (χ0v) is 20.3. The predicted octanol–water partition coefficient (Wildman–Crippen LogP) is 5.25. The van der Waals surface area contributed by atoms with Crippen LogP contribution < -0.4 is 20.1 Å². The molecule has 0 saturated carbocycles. The minimum absolute atomic E-state index is 0.123. The molecule has 7 nitrogen and oxygen atoms in total. The second kappa shape index (κ2) is 9.89. The topological polar surface area (TPSA) is 79.9 Å². The van der Waals surface area contributed by atoms with Crippen molar-refractivity contribution in [2.75, 3.05) is 12.1 Å². The molecule has 0 aliphatic carbocycles. The third kappa shape index (κ3) is 4.64. The molecule has 0 unspecified atom stereocenters. The van der Waals surface area contributed by atoms with E-state index in [0.29, 0.717) is 34.7 Å². The lowest BCUT2D eigenvalue weighted by atomic mass is 10.1. The average molecular weight is 510 g/mol. The largest absolute Gasteiger partial charge is 0.454 e. The highest BCUT2D eigenvalue weighted by Gasteiger charge is 2.36. The summed E-state index contributed by atoms with van der Waals surface area (Å²) in [6.45, 7) is 0.809. The summed E-state index contributed by atoms with van der Waals surface area (Å²) >= 11 is 0. The summed E-state index contributed by atoms with van der Waals surface area (Å²) in [4.78, 5) is 27.6. The van der Waals surface area contributed by atoms with Crippen LogP contribution in [0.2, 0.25) is 0 Å². The summed E-state index contributed by atoms with van der Waals surface area (Å²) in [5.74, 6) is 0.698. The standard InChI is InChI=1S/C30H24FN3O4/c31-22-5-3-4-20(14-22)17-34-28(24-6-1-2-7-25(24)30(34)36)33-23-11-9-21(10-12-23)29(35)32-16-19-8-13-26-27(15-19)38-18-37-26/h1-15,28,33H,16-18H2,(H,32,35)/t28-/m1/s1. The van der Waals surface area contributed by atoms with Gasteiger partial charge in [0, 0.05) is 35.5 Å². The van der Waals surface area contributed by atoms with Crippen LogP contribution in [0.15, 0.2) is 91.0 Å². The molecule has 0 aromatic heterocycles. The monoisotopic (exact) mass is 509 g/mol. The van der Waals surface area contributed by atoms with Crippen molar-refractivity contribution >= 4 is 17.5 Å². The van der Waals surface area contributed by atoms with Gasteiger partial charge in [0.2, 0.25) is 6.79 Å². The third-order valence-electron chi connectivity index (χ3n) is 6.64. The van der Waals surface area contributed by atoms with Gasteiger partial charge in [-0.1, -0.05) is 36.4 Å². The zero-order valence-electron chi connectivity index (χ0n) is 20.3. The van der Waals surface area contributed by atoms with E-state index in [4.69, 9.17) is 9.47 Å². The van der Waals surface area contributed by atoms with Crippen molar-refractivity contribution in [3.8, 4) is 11.5 Å². The number of halogens is 1. The number of carbonyl (C=O) groups excluding carboxylic acids is 2. The average Bonchev–Trinajstić information content (AvgIpc) is 3.51. The van der Waals surface area contributed by atoms with E-state index in [9.17, 15) is 14.0 Å². The quantitative estimate of drug-likeness (QED) is 0.356. The van der Waals surface area contributed by atoms with Crippen molar-refractivity contribution in [1.29, 1.82) is 0 Å². The van der Waals surface area contributed by atoms with Gasteiger partial charge in [-0.2, -0.15) is 0 Å². The first kappa shape index (κ1) is 23.5. The smallest absolute Gasteiger partial charge is 0.256 e. The molecule has 0 spiro atoms. The zero-order chi connectivity index (χ0) is 26.1.